The molecule has 8 rings (SSSR count). The predicted octanol–water partition coefficient (Wildman–Crippen LogP) is 3.29. The molecule has 0 bridgehead atoms. The number of pyridine rings is 1. The van der Waals surface area contributed by atoms with Gasteiger partial charge in [0.15, 0.2) is 5.82 Å². The highest BCUT2D eigenvalue weighted by atomic mass is 16.5. The van der Waals surface area contributed by atoms with Crippen molar-refractivity contribution in [2.45, 2.75) is 66.7 Å². The number of aromatic nitrogens is 10. The van der Waals surface area contributed by atoms with E-state index in [1.807, 2.05) is 48.2 Å². The van der Waals surface area contributed by atoms with Crippen LogP contribution in [0.3, 0.4) is 0 Å². The third kappa shape index (κ3) is 9.15. The molecule has 7 aromatic rings. The predicted molar refractivity (Wildman–Crippen MR) is 249 cm³/mol. The number of carbonyl (C=O) groups excluding carboxylic acids is 6. The molecule has 0 atom stereocenters. The van der Waals surface area contributed by atoms with Gasteiger partial charge in [0.05, 0.1) is 29.1 Å². The number of allylic oxidation sites excluding steroid dienone is 2. The largest absolute Gasteiger partial charge is 0.491 e. The Morgan fingerprint density at radius 2 is 1.49 bits per heavy atom. The molecule has 350 valence electrons. The summed E-state index contributed by atoms with van der Waals surface area (Å²) in [6, 6.07) is 8.29. The summed E-state index contributed by atoms with van der Waals surface area (Å²) in [5, 5.41) is 13.2. The van der Waals surface area contributed by atoms with Gasteiger partial charge in [0.2, 0.25) is 23.7 Å². The zero-order valence-electron chi connectivity index (χ0n) is 38.1. The van der Waals surface area contributed by atoms with Crippen LogP contribution in [-0.4, -0.2) is 121 Å². The fourth-order valence-electron chi connectivity index (χ4n) is 8.05. The van der Waals surface area contributed by atoms with Gasteiger partial charge in [0.1, 0.15) is 33.9 Å². The number of amides is 6. The highest BCUT2D eigenvalue weighted by molar-refractivity contribution is 6.13. The summed E-state index contributed by atoms with van der Waals surface area (Å²) in [5.41, 5.74) is 16.2. The first-order valence-corrected chi connectivity index (χ1v) is 21.9. The van der Waals surface area contributed by atoms with Crippen LogP contribution in [0, 0.1) is 13.8 Å². The number of nitrogens with zero attached hydrogens (tertiary/aromatic N) is 12. The van der Waals surface area contributed by atoms with E-state index in [1.165, 1.54) is 35.4 Å². The summed E-state index contributed by atoms with van der Waals surface area (Å²) >= 11 is 0. The Labute approximate surface area is 388 Å². The van der Waals surface area contributed by atoms with Crippen molar-refractivity contribution < 1.29 is 33.5 Å². The van der Waals surface area contributed by atoms with Crippen molar-refractivity contribution in [3.05, 3.63) is 95.2 Å². The van der Waals surface area contributed by atoms with E-state index in [0.717, 1.165) is 16.3 Å². The maximum Gasteiger partial charge on any atom is 0.276 e. The number of benzene rings is 1. The molecular weight excluding hydrogens is 875 g/mol. The van der Waals surface area contributed by atoms with Crippen LogP contribution in [0.1, 0.15) is 69.3 Å². The quantitative estimate of drug-likeness (QED) is 0.0597. The Bertz CT molecular complexity index is 3230. The van der Waals surface area contributed by atoms with Crippen LogP contribution < -0.4 is 21.5 Å². The van der Waals surface area contributed by atoms with Gasteiger partial charge in [0.25, 0.3) is 17.7 Å². The molecule has 0 fully saturated rings. The van der Waals surface area contributed by atoms with Gasteiger partial charge in [-0.15, -0.1) is 0 Å². The first kappa shape index (κ1) is 46.0. The van der Waals surface area contributed by atoms with Crippen molar-refractivity contribution in [3.8, 4) is 17.3 Å². The molecule has 0 unspecified atom stereocenters. The number of primary amides is 2. The maximum absolute atomic E-state index is 13.9. The number of imide groups is 1. The van der Waals surface area contributed by atoms with Crippen LogP contribution >= 0.6 is 0 Å². The number of imidazole rings is 1. The van der Waals surface area contributed by atoms with E-state index in [2.05, 4.69) is 25.5 Å². The van der Waals surface area contributed by atoms with Gasteiger partial charge in [-0.25, -0.2) is 19.9 Å². The number of nitrogens with one attached hydrogen (secondary N) is 1. The van der Waals surface area contributed by atoms with Crippen molar-refractivity contribution in [3.63, 3.8) is 0 Å². The molecule has 1 aliphatic heterocycles. The second kappa shape index (κ2) is 19.1. The minimum atomic E-state index is -0.724. The topological polar surface area (TPSA) is 279 Å². The van der Waals surface area contributed by atoms with E-state index < -0.39 is 29.5 Å². The van der Waals surface area contributed by atoms with Crippen molar-refractivity contribution >= 4 is 74.5 Å². The molecular formula is C46H49N15O7. The lowest BCUT2D eigenvalue weighted by Crippen LogP contribution is -2.36. The molecule has 0 saturated heterocycles. The Hall–Kier alpha value is -8.56. The minimum Gasteiger partial charge on any atom is -0.491 e. The van der Waals surface area contributed by atoms with Crippen LogP contribution in [0.4, 0.5) is 5.95 Å². The average Bonchev–Trinajstić information content (AvgIpc) is 4.13. The van der Waals surface area contributed by atoms with Crippen LogP contribution in [0.15, 0.2) is 67.0 Å². The fourth-order valence-corrected chi connectivity index (χ4v) is 8.05. The number of hydrogen-bond donors (Lipinski definition) is 3. The van der Waals surface area contributed by atoms with Crippen molar-refractivity contribution in [2.24, 2.45) is 11.5 Å². The van der Waals surface area contributed by atoms with E-state index in [4.69, 9.17) is 26.2 Å². The Balaban J connectivity index is 1.11. The summed E-state index contributed by atoms with van der Waals surface area (Å²) < 4.78 is 13.4. The van der Waals surface area contributed by atoms with Gasteiger partial charge in [-0.05, 0) is 64.4 Å². The molecule has 0 aliphatic carbocycles. The standard InChI is InChI=1S/C46H49N15O7/c1-6-60-33(19-26(3)54-60)42-49-25-31-30-21-29(41(48)66)24-50-43(30)59(44(31)52-42)16-9-8-15-58-39-32(51-46(58)53-45(67)34-20-27(4)55-61(34)7-2)22-28(40(47)65)23-35(39)68-18-10-14-56(5)36(62)13-17-57-37(63)11-12-38(57)64/h8-9,11-12,19-25H,6-7,10,13-18H2,1-5H3,(H2,47,65)(H2,48,66)(H,51,53,67)/b9-8+. The van der Waals surface area contributed by atoms with Crippen LogP contribution in [0.2, 0.25) is 0 Å². The molecule has 1 aliphatic rings. The van der Waals surface area contributed by atoms with E-state index in [-0.39, 0.29) is 67.9 Å². The van der Waals surface area contributed by atoms with Gasteiger partial charge in [-0.2, -0.15) is 10.2 Å². The van der Waals surface area contributed by atoms with E-state index >= 15 is 0 Å². The normalized spacial score (nSPS) is 12.7. The molecule has 0 spiro atoms. The van der Waals surface area contributed by atoms with Crippen LogP contribution in [0.5, 0.6) is 5.75 Å². The van der Waals surface area contributed by atoms with Gasteiger partial charge < -0.3 is 30.2 Å². The number of rotatable bonds is 19. The minimum absolute atomic E-state index is 0.0333. The molecule has 0 saturated carbocycles. The Morgan fingerprint density at radius 3 is 2.19 bits per heavy atom. The number of nitrogens with two attached hydrogens (primary N) is 2. The summed E-state index contributed by atoms with van der Waals surface area (Å²) in [6.45, 7) is 9.35. The van der Waals surface area contributed by atoms with E-state index in [9.17, 15) is 28.8 Å². The van der Waals surface area contributed by atoms with Crippen molar-refractivity contribution in [1.29, 1.82) is 0 Å². The van der Waals surface area contributed by atoms with Gasteiger partial charge in [0, 0.05) is 93.6 Å². The Morgan fingerprint density at radius 1 is 0.794 bits per heavy atom. The molecule has 5 N–H and O–H groups in total. The molecule has 6 aromatic heterocycles. The summed E-state index contributed by atoms with van der Waals surface area (Å²) in [7, 11) is 1.62. The first-order chi connectivity index (χ1) is 32.6. The lowest BCUT2D eigenvalue weighted by atomic mass is 10.1. The van der Waals surface area contributed by atoms with Crippen LogP contribution in [-0.2, 0) is 40.6 Å². The SMILES string of the molecule is CCn1nc(C)cc1C(=O)Nc1nc2cc(C(N)=O)cc(OCCCN(C)C(=O)CCN3C(=O)C=CC3=O)c2n1C/C=C/Cn1c2ncc(C(N)=O)cc2c2cnc(-c3cc(C)nn3CC)nc21. The summed E-state index contributed by atoms with van der Waals surface area (Å²) in [4.78, 5) is 97.0. The zero-order chi connectivity index (χ0) is 48.4. The van der Waals surface area contributed by atoms with Gasteiger partial charge >= 0.3 is 0 Å². The van der Waals surface area contributed by atoms with Gasteiger partial charge in [-0.3, -0.25) is 48.3 Å². The second-order valence-electron chi connectivity index (χ2n) is 16.1. The molecule has 6 amide bonds. The number of anilines is 1. The van der Waals surface area contributed by atoms with E-state index in [1.54, 1.807) is 41.5 Å². The molecule has 1 aromatic carbocycles. The third-order valence-corrected chi connectivity index (χ3v) is 11.4. The molecule has 22 nitrogen and oxygen atoms in total. The smallest absolute Gasteiger partial charge is 0.276 e. The van der Waals surface area contributed by atoms with Crippen molar-refractivity contribution in [1.82, 2.24) is 58.4 Å². The number of fused-ring (bicyclic) bond motifs is 4. The number of ether oxygens (including phenoxy) is 1. The lowest BCUT2D eigenvalue weighted by molar-refractivity contribution is -0.138. The molecule has 0 radical (unpaired) electrons. The third-order valence-electron chi connectivity index (χ3n) is 11.4. The Kier molecular flexibility index (Phi) is 12.9. The van der Waals surface area contributed by atoms with E-state index in [0.29, 0.717) is 69.8 Å². The maximum atomic E-state index is 13.9. The highest BCUT2D eigenvalue weighted by Gasteiger charge is 2.25. The molecule has 68 heavy (non-hydrogen) atoms. The average molecular weight is 924 g/mol. The number of hydrogen-bond acceptors (Lipinski definition) is 13. The zero-order valence-corrected chi connectivity index (χ0v) is 38.1. The first-order valence-electron chi connectivity index (χ1n) is 21.9. The number of aryl methyl sites for hydroxylation is 4. The highest BCUT2D eigenvalue weighted by Crippen LogP contribution is 2.33. The summed E-state index contributed by atoms with van der Waals surface area (Å²) in [6.07, 6.45) is 9.56. The van der Waals surface area contributed by atoms with Crippen molar-refractivity contribution in [2.75, 3.05) is 32.1 Å². The monoisotopic (exact) mass is 923 g/mol. The van der Waals surface area contributed by atoms with Crippen LogP contribution in [0.25, 0.3) is 44.6 Å². The summed E-state index contributed by atoms with van der Waals surface area (Å²) in [5.74, 6) is -2.13. The second-order valence-corrected chi connectivity index (χ2v) is 16.1. The van der Waals surface area contributed by atoms with Gasteiger partial charge in [-0.1, -0.05) is 12.2 Å². The molecule has 7 heterocycles. The number of carbonyl (C=O) groups is 6. The lowest BCUT2D eigenvalue weighted by Gasteiger charge is -2.19. The fraction of sp³-hybridized carbons (Fsp3) is 0.304. The molecule has 22 heteroatoms.